The lowest BCUT2D eigenvalue weighted by atomic mass is 9.98. The molecule has 1 aromatic carbocycles. The summed E-state index contributed by atoms with van der Waals surface area (Å²) in [4.78, 5) is 4.58. The first-order valence-electron chi connectivity index (χ1n) is 7.35. The van der Waals surface area contributed by atoms with Gasteiger partial charge in [0.05, 0.1) is 17.8 Å². The van der Waals surface area contributed by atoms with Gasteiger partial charge in [-0.25, -0.2) is 0 Å². The van der Waals surface area contributed by atoms with Gasteiger partial charge in [-0.2, -0.15) is 5.10 Å². The molecule has 0 bridgehead atoms. The van der Waals surface area contributed by atoms with E-state index < -0.39 is 0 Å². The van der Waals surface area contributed by atoms with Gasteiger partial charge in [0, 0.05) is 30.4 Å². The van der Waals surface area contributed by atoms with Crippen LogP contribution < -0.4 is 5.32 Å². The normalized spacial score (nSPS) is 12.7. The monoisotopic (exact) mass is 280 g/mol. The van der Waals surface area contributed by atoms with Gasteiger partial charge in [0.25, 0.3) is 0 Å². The molecule has 4 heteroatoms. The number of fused-ring (bicyclic) bond motifs is 1. The highest BCUT2D eigenvalue weighted by Crippen LogP contribution is 2.27. The highest BCUT2D eigenvalue weighted by Gasteiger charge is 2.17. The molecule has 0 saturated carbocycles. The maximum atomic E-state index is 4.58. The minimum absolute atomic E-state index is 0.122. The van der Waals surface area contributed by atoms with Crippen molar-refractivity contribution in [2.45, 2.75) is 19.4 Å². The molecule has 0 saturated heterocycles. The first-order chi connectivity index (χ1) is 10.3. The van der Waals surface area contributed by atoms with Crippen LogP contribution in [0.3, 0.4) is 0 Å². The molecule has 0 aliphatic heterocycles. The van der Waals surface area contributed by atoms with Crippen LogP contribution in [0.5, 0.6) is 0 Å². The molecule has 1 N–H and O–H groups in total. The summed E-state index contributed by atoms with van der Waals surface area (Å²) in [5.41, 5.74) is 3.43. The molecule has 0 aliphatic carbocycles. The van der Waals surface area contributed by atoms with Crippen molar-refractivity contribution >= 4 is 10.9 Å². The zero-order chi connectivity index (χ0) is 14.7. The van der Waals surface area contributed by atoms with Crippen LogP contribution in [0.15, 0.2) is 48.9 Å². The standard InChI is InChI=1S/C17H20N4/c1-3-9-18-17(14-11-20-21(2)12-14)15-8-4-6-13-7-5-10-19-16(13)15/h4-8,10-12,17-18H,3,9H2,1-2H3. The van der Waals surface area contributed by atoms with Gasteiger partial charge in [-0.1, -0.05) is 31.2 Å². The van der Waals surface area contributed by atoms with Crippen molar-refractivity contribution in [2.24, 2.45) is 7.05 Å². The predicted molar refractivity (Wildman–Crippen MR) is 85.1 cm³/mol. The summed E-state index contributed by atoms with van der Waals surface area (Å²) in [5, 5.41) is 9.09. The van der Waals surface area contributed by atoms with Crippen LogP contribution in [0.1, 0.15) is 30.5 Å². The van der Waals surface area contributed by atoms with E-state index in [0.717, 1.165) is 18.5 Å². The van der Waals surface area contributed by atoms with Crippen LogP contribution in [0.4, 0.5) is 0 Å². The predicted octanol–water partition coefficient (Wildman–Crippen LogP) is 3.06. The van der Waals surface area contributed by atoms with Crippen LogP contribution in [0.2, 0.25) is 0 Å². The largest absolute Gasteiger partial charge is 0.306 e. The Morgan fingerprint density at radius 2 is 2.10 bits per heavy atom. The van der Waals surface area contributed by atoms with E-state index in [1.54, 1.807) is 0 Å². The maximum Gasteiger partial charge on any atom is 0.0753 e. The van der Waals surface area contributed by atoms with Crippen LogP contribution in [0, 0.1) is 0 Å². The second kappa shape index (κ2) is 6.06. The Balaban J connectivity index is 2.09. The summed E-state index contributed by atoms with van der Waals surface area (Å²) in [6, 6.07) is 10.5. The van der Waals surface area contributed by atoms with Gasteiger partial charge in [-0.15, -0.1) is 0 Å². The molecule has 1 unspecified atom stereocenters. The van der Waals surface area contributed by atoms with E-state index in [2.05, 4.69) is 52.8 Å². The number of aryl methyl sites for hydroxylation is 1. The molecular formula is C17H20N4. The van der Waals surface area contributed by atoms with Crippen LogP contribution in [-0.2, 0) is 7.05 Å². The Hall–Kier alpha value is -2.20. The van der Waals surface area contributed by atoms with E-state index >= 15 is 0 Å². The van der Waals surface area contributed by atoms with E-state index in [1.807, 2.05) is 30.2 Å². The first-order valence-corrected chi connectivity index (χ1v) is 7.35. The number of rotatable bonds is 5. The lowest BCUT2D eigenvalue weighted by Gasteiger charge is -2.19. The van der Waals surface area contributed by atoms with Gasteiger partial charge in [0.2, 0.25) is 0 Å². The third-order valence-electron chi connectivity index (χ3n) is 3.63. The van der Waals surface area contributed by atoms with Gasteiger partial charge < -0.3 is 5.32 Å². The van der Waals surface area contributed by atoms with Crippen molar-refractivity contribution < 1.29 is 0 Å². The molecule has 1 atom stereocenters. The summed E-state index contributed by atoms with van der Waals surface area (Å²) in [5.74, 6) is 0. The fourth-order valence-corrected chi connectivity index (χ4v) is 2.65. The van der Waals surface area contributed by atoms with E-state index in [4.69, 9.17) is 0 Å². The Labute approximate surface area is 124 Å². The zero-order valence-electron chi connectivity index (χ0n) is 12.5. The van der Waals surface area contributed by atoms with E-state index in [1.165, 1.54) is 16.5 Å². The van der Waals surface area contributed by atoms with Gasteiger partial charge in [-0.05, 0) is 24.6 Å². The van der Waals surface area contributed by atoms with Gasteiger partial charge >= 0.3 is 0 Å². The highest BCUT2D eigenvalue weighted by molar-refractivity contribution is 5.82. The number of para-hydroxylation sites is 1. The topological polar surface area (TPSA) is 42.7 Å². The van der Waals surface area contributed by atoms with Crippen molar-refractivity contribution in [3.63, 3.8) is 0 Å². The number of pyridine rings is 1. The highest BCUT2D eigenvalue weighted by atomic mass is 15.2. The third-order valence-corrected chi connectivity index (χ3v) is 3.63. The minimum Gasteiger partial charge on any atom is -0.306 e. The molecule has 0 aliphatic rings. The van der Waals surface area contributed by atoms with Crippen molar-refractivity contribution in [1.82, 2.24) is 20.1 Å². The molecule has 2 heterocycles. The SMILES string of the molecule is CCCNC(c1cnn(C)c1)c1cccc2cccnc12. The summed E-state index contributed by atoms with van der Waals surface area (Å²) >= 11 is 0. The van der Waals surface area contributed by atoms with E-state index in [0.29, 0.717) is 0 Å². The molecule has 3 rings (SSSR count). The molecule has 0 amide bonds. The van der Waals surface area contributed by atoms with Crippen LogP contribution in [-0.4, -0.2) is 21.3 Å². The van der Waals surface area contributed by atoms with Gasteiger partial charge in [-0.3, -0.25) is 9.67 Å². The number of nitrogens with one attached hydrogen (secondary N) is 1. The van der Waals surface area contributed by atoms with Crippen LogP contribution >= 0.6 is 0 Å². The van der Waals surface area contributed by atoms with Crippen molar-refractivity contribution in [1.29, 1.82) is 0 Å². The number of nitrogens with zero attached hydrogens (tertiary/aromatic N) is 3. The fraction of sp³-hybridized carbons (Fsp3) is 0.294. The zero-order valence-corrected chi connectivity index (χ0v) is 12.5. The molecule has 2 aromatic heterocycles. The molecular weight excluding hydrogens is 260 g/mol. The average Bonchev–Trinajstić information content (AvgIpc) is 2.94. The summed E-state index contributed by atoms with van der Waals surface area (Å²) in [6.45, 7) is 3.14. The Kier molecular flexibility index (Phi) is 3.97. The van der Waals surface area contributed by atoms with Crippen molar-refractivity contribution in [2.75, 3.05) is 6.54 Å². The molecule has 0 radical (unpaired) electrons. The van der Waals surface area contributed by atoms with Crippen molar-refractivity contribution in [3.8, 4) is 0 Å². The number of benzene rings is 1. The van der Waals surface area contributed by atoms with Gasteiger partial charge in [0.1, 0.15) is 0 Å². The Morgan fingerprint density at radius 3 is 2.86 bits per heavy atom. The minimum atomic E-state index is 0.122. The molecule has 0 fully saturated rings. The first kappa shape index (κ1) is 13.8. The van der Waals surface area contributed by atoms with Gasteiger partial charge in [0.15, 0.2) is 0 Å². The second-order valence-electron chi connectivity index (χ2n) is 5.26. The molecule has 21 heavy (non-hydrogen) atoms. The number of aromatic nitrogens is 3. The number of hydrogen-bond donors (Lipinski definition) is 1. The third kappa shape index (κ3) is 2.81. The lowest BCUT2D eigenvalue weighted by Crippen LogP contribution is -2.23. The summed E-state index contributed by atoms with van der Waals surface area (Å²) < 4.78 is 1.84. The average molecular weight is 280 g/mol. The second-order valence-corrected chi connectivity index (χ2v) is 5.26. The molecule has 4 nitrogen and oxygen atoms in total. The summed E-state index contributed by atoms with van der Waals surface area (Å²) in [6.07, 6.45) is 6.94. The van der Waals surface area contributed by atoms with E-state index in [-0.39, 0.29) is 6.04 Å². The Bertz CT molecular complexity index is 727. The fourth-order valence-electron chi connectivity index (χ4n) is 2.65. The quantitative estimate of drug-likeness (QED) is 0.781. The van der Waals surface area contributed by atoms with Crippen LogP contribution in [0.25, 0.3) is 10.9 Å². The molecule has 0 spiro atoms. The Morgan fingerprint density at radius 1 is 1.24 bits per heavy atom. The van der Waals surface area contributed by atoms with Crippen molar-refractivity contribution in [3.05, 3.63) is 60.0 Å². The smallest absolute Gasteiger partial charge is 0.0753 e. The maximum absolute atomic E-state index is 4.58. The van der Waals surface area contributed by atoms with E-state index in [9.17, 15) is 0 Å². The lowest BCUT2D eigenvalue weighted by molar-refractivity contribution is 0.600. The summed E-state index contributed by atoms with van der Waals surface area (Å²) in [7, 11) is 1.95. The molecule has 108 valence electrons. The molecule has 3 aromatic rings. The number of hydrogen-bond acceptors (Lipinski definition) is 3.